The lowest BCUT2D eigenvalue weighted by Crippen LogP contribution is -2.40. The molecule has 6 rings (SSSR count). The molecule has 3 aliphatic rings. The molecule has 0 saturated heterocycles. The molecule has 0 bridgehead atoms. The fourth-order valence-corrected chi connectivity index (χ4v) is 5.82. The molecule has 0 saturated carbocycles. The van der Waals surface area contributed by atoms with Crippen molar-refractivity contribution in [2.75, 3.05) is 0 Å². The van der Waals surface area contributed by atoms with Gasteiger partial charge < -0.3 is 5.11 Å². The highest BCUT2D eigenvalue weighted by molar-refractivity contribution is 6.32. The van der Waals surface area contributed by atoms with Crippen molar-refractivity contribution in [3.05, 3.63) is 115 Å². The minimum atomic E-state index is -0.706. The van der Waals surface area contributed by atoms with Gasteiger partial charge in [0.2, 0.25) is 0 Å². The van der Waals surface area contributed by atoms with Gasteiger partial charge >= 0.3 is 11.4 Å². The van der Waals surface area contributed by atoms with Crippen molar-refractivity contribution in [2.24, 2.45) is 0 Å². The summed E-state index contributed by atoms with van der Waals surface area (Å²) < 4.78 is 3.86. The van der Waals surface area contributed by atoms with Crippen molar-refractivity contribution in [3.8, 4) is 11.4 Å². The number of rotatable bonds is 2. The lowest BCUT2D eigenvalue weighted by molar-refractivity contribution is -0.116. The smallest absolute Gasteiger partial charge is 0.352 e. The lowest BCUT2D eigenvalue weighted by Gasteiger charge is -2.39. The molecule has 3 aromatic rings. The van der Waals surface area contributed by atoms with Crippen molar-refractivity contribution in [1.29, 1.82) is 0 Å². The lowest BCUT2D eigenvalue weighted by atomic mass is 9.68. The SMILES string of the molecule is CC1=CC(=O)C2=C(C1=O)[C@@H](c1ccc(O)cc1Cl)C1=CCn3c(=O)n(-c4ccccc4)c(=O)n3[C@@H]1C2. The highest BCUT2D eigenvalue weighted by atomic mass is 35.5. The van der Waals surface area contributed by atoms with Gasteiger partial charge in [0.25, 0.3) is 0 Å². The van der Waals surface area contributed by atoms with Crippen molar-refractivity contribution in [2.45, 2.75) is 31.8 Å². The molecule has 2 atom stereocenters. The van der Waals surface area contributed by atoms with Gasteiger partial charge in [-0.1, -0.05) is 41.9 Å². The van der Waals surface area contributed by atoms with E-state index < -0.39 is 23.3 Å². The fraction of sp³-hybridized carbons (Fsp3) is 0.185. The number of para-hydroxylation sites is 1. The van der Waals surface area contributed by atoms with Gasteiger partial charge in [-0.2, -0.15) is 0 Å². The van der Waals surface area contributed by atoms with E-state index in [4.69, 9.17) is 11.6 Å². The number of aromatic hydroxyl groups is 1. The maximum atomic E-state index is 13.6. The zero-order valence-electron chi connectivity index (χ0n) is 19.1. The van der Waals surface area contributed by atoms with Gasteiger partial charge in [-0.05, 0) is 48.4 Å². The van der Waals surface area contributed by atoms with E-state index in [1.54, 1.807) is 43.3 Å². The van der Waals surface area contributed by atoms with Gasteiger partial charge in [-0.3, -0.25) is 9.59 Å². The first-order valence-electron chi connectivity index (χ1n) is 11.5. The number of carbonyl (C=O) groups is 2. The summed E-state index contributed by atoms with van der Waals surface area (Å²) in [5.74, 6) is -1.29. The molecule has 1 aliphatic heterocycles. The number of allylic oxidation sites excluding steroid dienone is 6. The van der Waals surface area contributed by atoms with Crippen LogP contribution in [0, 0.1) is 0 Å². The maximum absolute atomic E-state index is 13.6. The first kappa shape index (κ1) is 22.3. The van der Waals surface area contributed by atoms with Gasteiger partial charge in [-0.25, -0.2) is 23.5 Å². The molecule has 0 spiro atoms. The fourth-order valence-electron chi connectivity index (χ4n) is 5.54. The summed E-state index contributed by atoms with van der Waals surface area (Å²) in [4.78, 5) is 53.4. The third-order valence-corrected chi connectivity index (χ3v) is 7.47. The maximum Gasteiger partial charge on any atom is 0.352 e. The third kappa shape index (κ3) is 3.07. The predicted molar refractivity (Wildman–Crippen MR) is 133 cm³/mol. The molecule has 2 aliphatic carbocycles. The Morgan fingerprint density at radius 3 is 2.47 bits per heavy atom. The van der Waals surface area contributed by atoms with Crippen molar-refractivity contribution >= 4 is 23.2 Å². The van der Waals surface area contributed by atoms with Crippen molar-refractivity contribution in [3.63, 3.8) is 0 Å². The van der Waals surface area contributed by atoms with Gasteiger partial charge in [-0.15, -0.1) is 0 Å². The van der Waals surface area contributed by atoms with Crippen LogP contribution in [0.3, 0.4) is 0 Å². The molecule has 9 heteroatoms. The van der Waals surface area contributed by atoms with Gasteiger partial charge in [0.15, 0.2) is 11.6 Å². The molecule has 2 aromatic carbocycles. The molecule has 0 radical (unpaired) electrons. The molecular formula is C27H20ClN3O5. The number of hydrogen-bond acceptors (Lipinski definition) is 5. The molecule has 1 aromatic heterocycles. The van der Waals surface area contributed by atoms with Crippen LogP contribution in [0.4, 0.5) is 0 Å². The monoisotopic (exact) mass is 501 g/mol. The van der Waals surface area contributed by atoms with Crippen LogP contribution in [0.2, 0.25) is 5.02 Å². The highest BCUT2D eigenvalue weighted by Crippen LogP contribution is 2.51. The van der Waals surface area contributed by atoms with Crippen molar-refractivity contribution < 1.29 is 14.7 Å². The van der Waals surface area contributed by atoms with E-state index in [0.717, 1.165) is 4.57 Å². The standard InChI is InChI=1S/C27H20ClN3O5/c1-14-11-22(33)19-13-21-18(23(24(19)25(14)34)17-8-7-16(32)12-20(17)28)9-10-29-26(35)30(27(36)31(21)29)15-5-3-2-4-6-15/h2-9,11-12,21,23,32H,10,13H2,1H3/t21-,23+/m1/s1. The summed E-state index contributed by atoms with van der Waals surface area (Å²) in [6.07, 6.45) is 3.25. The summed E-state index contributed by atoms with van der Waals surface area (Å²) in [5.41, 5.74) is 1.66. The number of hydrogen-bond donors (Lipinski definition) is 1. The van der Waals surface area contributed by atoms with Gasteiger partial charge in [0, 0.05) is 34.1 Å². The average Bonchev–Trinajstić information content (AvgIpc) is 3.12. The second-order valence-electron chi connectivity index (χ2n) is 9.14. The summed E-state index contributed by atoms with van der Waals surface area (Å²) in [6, 6.07) is 12.5. The number of fused-ring (bicyclic) bond motifs is 3. The topological polar surface area (TPSA) is 103 Å². The first-order chi connectivity index (χ1) is 17.3. The Morgan fingerprint density at radius 1 is 1.00 bits per heavy atom. The Kier molecular flexibility index (Phi) is 4.91. The van der Waals surface area contributed by atoms with Crippen LogP contribution in [0.5, 0.6) is 5.75 Å². The first-order valence-corrected chi connectivity index (χ1v) is 11.8. The predicted octanol–water partition coefficient (Wildman–Crippen LogP) is 3.22. The van der Waals surface area contributed by atoms with E-state index in [1.165, 1.54) is 27.6 Å². The number of phenolic OH excluding ortho intramolecular Hbond substituents is 1. The van der Waals surface area contributed by atoms with Crippen LogP contribution in [-0.2, 0) is 16.1 Å². The van der Waals surface area contributed by atoms with E-state index >= 15 is 0 Å². The Morgan fingerprint density at radius 2 is 1.75 bits per heavy atom. The molecule has 0 amide bonds. The number of Topliss-reactive ketones (excluding diaryl/α,β-unsaturated/α-hetero) is 1. The Labute approximate surface area is 209 Å². The number of carbonyl (C=O) groups excluding carboxylic acids is 2. The summed E-state index contributed by atoms with van der Waals surface area (Å²) in [5, 5.41) is 10.2. The van der Waals surface area contributed by atoms with Crippen LogP contribution in [0.1, 0.15) is 30.9 Å². The van der Waals surface area contributed by atoms with Gasteiger partial charge in [0.05, 0.1) is 18.3 Å². The molecule has 2 heterocycles. The number of phenols is 1. The number of nitrogens with zero attached hydrogens (tertiary/aromatic N) is 3. The summed E-state index contributed by atoms with van der Waals surface area (Å²) in [6.45, 7) is 1.72. The molecule has 0 unspecified atom stereocenters. The second kappa shape index (κ2) is 7.93. The number of benzene rings is 2. The summed E-state index contributed by atoms with van der Waals surface area (Å²) in [7, 11) is 0. The summed E-state index contributed by atoms with van der Waals surface area (Å²) >= 11 is 6.54. The zero-order valence-corrected chi connectivity index (χ0v) is 19.9. The van der Waals surface area contributed by atoms with Crippen LogP contribution in [-0.4, -0.2) is 30.6 Å². The van der Waals surface area contributed by atoms with E-state index in [0.29, 0.717) is 33.5 Å². The largest absolute Gasteiger partial charge is 0.508 e. The molecule has 8 nitrogen and oxygen atoms in total. The normalized spacial score (nSPS) is 20.9. The quantitative estimate of drug-likeness (QED) is 0.429. The molecular weight excluding hydrogens is 482 g/mol. The minimum Gasteiger partial charge on any atom is -0.508 e. The molecule has 180 valence electrons. The Balaban J connectivity index is 1.61. The molecule has 36 heavy (non-hydrogen) atoms. The average molecular weight is 502 g/mol. The van der Waals surface area contributed by atoms with Crippen molar-refractivity contribution in [1.82, 2.24) is 13.9 Å². The Hall–Kier alpha value is -4.17. The van der Waals surface area contributed by atoms with Crippen LogP contribution in [0.25, 0.3) is 5.69 Å². The van der Waals surface area contributed by atoms with Crippen LogP contribution >= 0.6 is 11.6 Å². The number of aromatic nitrogens is 3. The molecule has 1 N–H and O–H groups in total. The second-order valence-corrected chi connectivity index (χ2v) is 9.55. The van der Waals surface area contributed by atoms with E-state index in [9.17, 15) is 24.3 Å². The Bertz CT molecular complexity index is 1700. The third-order valence-electron chi connectivity index (χ3n) is 7.14. The highest BCUT2D eigenvalue weighted by Gasteiger charge is 2.45. The minimum absolute atomic E-state index is 0.0324. The van der Waals surface area contributed by atoms with E-state index in [1.807, 2.05) is 6.08 Å². The van der Waals surface area contributed by atoms with Crippen LogP contribution < -0.4 is 11.4 Å². The number of ketones is 2. The van der Waals surface area contributed by atoms with E-state index in [2.05, 4.69) is 0 Å². The molecule has 0 fully saturated rings. The van der Waals surface area contributed by atoms with E-state index in [-0.39, 0.29) is 35.3 Å². The zero-order chi connectivity index (χ0) is 25.3. The van der Waals surface area contributed by atoms with Crippen LogP contribution in [0.15, 0.2) is 92.6 Å². The number of halogens is 1. The van der Waals surface area contributed by atoms with Gasteiger partial charge in [0.1, 0.15) is 5.75 Å².